The second-order valence-electron chi connectivity index (χ2n) is 15.0. The molecule has 1 aliphatic heterocycles. The molecule has 2 aromatic rings. The fourth-order valence-corrected chi connectivity index (χ4v) is 6.64. The minimum atomic E-state index is -1.58. The van der Waals surface area contributed by atoms with Crippen LogP contribution in [0.25, 0.3) is 11.1 Å². The fourth-order valence-electron chi connectivity index (χ4n) is 6.64. The Morgan fingerprint density at radius 2 is 1.51 bits per heavy atom. The van der Waals surface area contributed by atoms with Gasteiger partial charge in [-0.05, 0) is 62.3 Å². The predicted molar refractivity (Wildman–Crippen MR) is 210 cm³/mol. The summed E-state index contributed by atoms with van der Waals surface area (Å²) in [6.45, 7) is 11.1. The number of fused-ring (bicyclic) bond motifs is 3. The number of hydrogen-bond donors (Lipinski definition) is 5. The van der Waals surface area contributed by atoms with Gasteiger partial charge in [0, 0.05) is 19.0 Å². The summed E-state index contributed by atoms with van der Waals surface area (Å²) in [6, 6.07) is 14.8. The molecule has 0 aromatic heterocycles. The number of rotatable bonds is 19. The number of carbonyl (C=O) groups is 5. The first-order chi connectivity index (χ1) is 27.1. The van der Waals surface area contributed by atoms with E-state index in [0.717, 1.165) is 27.2 Å². The molecule has 2 atom stereocenters. The maximum atomic E-state index is 13.9. The van der Waals surface area contributed by atoms with Gasteiger partial charge in [0.25, 0.3) is 0 Å². The van der Waals surface area contributed by atoms with Gasteiger partial charge in [0.15, 0.2) is 0 Å². The lowest BCUT2D eigenvalue weighted by atomic mass is 9.91. The van der Waals surface area contributed by atoms with Crippen molar-refractivity contribution in [3.05, 3.63) is 85.0 Å². The van der Waals surface area contributed by atoms with Crippen LogP contribution in [-0.2, 0) is 23.7 Å². The number of hydrogen-bond acceptors (Lipinski definition) is 11. The van der Waals surface area contributed by atoms with Crippen molar-refractivity contribution < 1.29 is 53.1 Å². The Morgan fingerprint density at radius 1 is 0.895 bits per heavy atom. The second-order valence-corrected chi connectivity index (χ2v) is 15.0. The first-order valence-electron chi connectivity index (χ1n) is 18.9. The van der Waals surface area contributed by atoms with E-state index in [2.05, 4.69) is 29.1 Å². The molecule has 0 bridgehead atoms. The zero-order valence-corrected chi connectivity index (χ0v) is 32.9. The topological polar surface area (TPSA) is 205 Å². The number of aliphatic hydroxyl groups excluding tert-OH is 1. The summed E-state index contributed by atoms with van der Waals surface area (Å²) >= 11 is 0. The Hall–Kier alpha value is -5.61. The van der Waals surface area contributed by atoms with Crippen molar-refractivity contribution >= 4 is 30.3 Å². The van der Waals surface area contributed by atoms with Crippen LogP contribution >= 0.6 is 0 Å². The maximum absolute atomic E-state index is 13.9. The number of ether oxygens (including phenoxy) is 4. The molecule has 1 heterocycles. The number of unbranched alkanes of at least 4 members (excludes halogenated alkanes) is 1. The van der Waals surface area contributed by atoms with E-state index in [-0.39, 0.29) is 71.4 Å². The highest BCUT2D eigenvalue weighted by molar-refractivity contribution is 5.86. The Balaban J connectivity index is 1.38. The average Bonchev–Trinajstić information content (AvgIpc) is 3.48. The average molecular weight is 794 g/mol. The first-order valence-corrected chi connectivity index (χ1v) is 18.9. The van der Waals surface area contributed by atoms with Gasteiger partial charge in [-0.15, -0.1) is 0 Å². The van der Waals surface area contributed by atoms with E-state index in [9.17, 15) is 34.2 Å². The van der Waals surface area contributed by atoms with Gasteiger partial charge in [-0.3, -0.25) is 4.79 Å². The molecule has 0 saturated carbocycles. The molecule has 1 aliphatic carbocycles. The molecular weight excluding hydrogens is 738 g/mol. The van der Waals surface area contributed by atoms with Gasteiger partial charge in [0.2, 0.25) is 5.91 Å². The first kappa shape index (κ1) is 44.1. The maximum Gasteiger partial charge on any atom is 0.410 e. The molecule has 2 aromatic carbocycles. The van der Waals surface area contributed by atoms with Crippen LogP contribution in [0.15, 0.2) is 73.8 Å². The van der Waals surface area contributed by atoms with E-state index in [1.165, 1.54) is 17.1 Å². The summed E-state index contributed by atoms with van der Waals surface area (Å²) in [7, 11) is 0. The lowest BCUT2D eigenvalue weighted by Gasteiger charge is -2.49. The number of alkyl carbamates (subject to hydrolysis) is 3. The molecule has 0 spiro atoms. The smallest absolute Gasteiger partial charge is 0.410 e. The zero-order chi connectivity index (χ0) is 41.6. The number of likely N-dealkylation sites (tertiary alicyclic amines) is 1. The van der Waals surface area contributed by atoms with Crippen molar-refractivity contribution in [2.45, 2.75) is 69.3 Å². The number of β-amino-alcohol motifs (C(OH)–C–C–N with tert-alkyl or cyclic N) is 1. The molecule has 1 saturated heterocycles. The molecule has 0 unspecified atom stereocenters. The van der Waals surface area contributed by atoms with Crippen LogP contribution < -0.4 is 16.0 Å². The third kappa shape index (κ3) is 13.2. The van der Waals surface area contributed by atoms with Crippen LogP contribution in [0.5, 0.6) is 0 Å². The molecule has 16 nitrogen and oxygen atoms in total. The molecule has 57 heavy (non-hydrogen) atoms. The van der Waals surface area contributed by atoms with Crippen LogP contribution in [-0.4, -0.2) is 133 Å². The largest absolute Gasteiger partial charge is 0.449 e. The number of amides is 5. The van der Waals surface area contributed by atoms with E-state index < -0.39 is 53.6 Å². The summed E-state index contributed by atoms with van der Waals surface area (Å²) in [5, 5.41) is 29.8. The van der Waals surface area contributed by atoms with Gasteiger partial charge in [0.1, 0.15) is 37.1 Å². The second kappa shape index (κ2) is 20.5. The molecule has 16 heteroatoms. The number of nitrogens with one attached hydrogen (secondary N) is 3. The summed E-state index contributed by atoms with van der Waals surface area (Å²) in [6.07, 6.45) is -0.398. The predicted octanol–water partition coefficient (Wildman–Crippen LogP) is 4.06. The highest BCUT2D eigenvalue weighted by Gasteiger charge is 2.47. The minimum absolute atomic E-state index is 0.0302. The number of benzene rings is 2. The molecule has 0 radical (unpaired) electrons. The van der Waals surface area contributed by atoms with Gasteiger partial charge in [-0.2, -0.15) is 0 Å². The van der Waals surface area contributed by atoms with Crippen LogP contribution in [0, 0.1) is 0 Å². The van der Waals surface area contributed by atoms with Gasteiger partial charge >= 0.3 is 24.4 Å². The van der Waals surface area contributed by atoms with Crippen molar-refractivity contribution in [3.63, 3.8) is 0 Å². The quantitative estimate of drug-likeness (QED) is 0.0780. The van der Waals surface area contributed by atoms with E-state index >= 15 is 0 Å². The van der Waals surface area contributed by atoms with E-state index in [1.807, 2.05) is 48.5 Å². The van der Waals surface area contributed by atoms with Crippen LogP contribution in [0.1, 0.15) is 57.1 Å². The van der Waals surface area contributed by atoms with Crippen molar-refractivity contribution in [1.82, 2.24) is 25.8 Å². The van der Waals surface area contributed by atoms with Gasteiger partial charge in [0.05, 0.1) is 32.3 Å². The molecule has 310 valence electrons. The highest BCUT2D eigenvalue weighted by Crippen LogP contribution is 2.44. The number of aliphatic hydroxyl groups is 2. The van der Waals surface area contributed by atoms with E-state index in [4.69, 9.17) is 18.9 Å². The Bertz CT molecular complexity index is 1690. The van der Waals surface area contributed by atoms with Gasteiger partial charge < -0.3 is 54.9 Å². The van der Waals surface area contributed by atoms with Gasteiger partial charge in [-0.25, -0.2) is 19.2 Å². The van der Waals surface area contributed by atoms with Crippen LogP contribution in [0.4, 0.5) is 19.2 Å². The lowest BCUT2D eigenvalue weighted by molar-refractivity contribution is -0.160. The SMILES string of the molecule is C=CCOC(=O)NC[C@H](O)CN(CC1(O)CN(C(=O)[C@H](CCCCNC(=O)OC(C)(C)C)NC(=O)OCC2c3ccccc3-c3ccccc32)C1)C(=O)OCC=C. The molecule has 1 fully saturated rings. The third-order valence-corrected chi connectivity index (χ3v) is 9.12. The summed E-state index contributed by atoms with van der Waals surface area (Å²) in [5.74, 6) is -0.667. The zero-order valence-electron chi connectivity index (χ0n) is 32.9. The third-order valence-electron chi connectivity index (χ3n) is 9.12. The normalized spacial score (nSPS) is 15.0. The number of nitrogens with zero attached hydrogens (tertiary/aromatic N) is 2. The number of carbonyl (C=O) groups excluding carboxylic acids is 5. The standard InChI is InChI=1S/C41H55N5O11/c1-6-20-54-36(49)43-22-28(47)23-45(39(52)55-21-7-2)25-41(53)26-46(27-41)35(48)34(18-12-13-19-42-37(50)57-40(3,4)5)44-38(51)56-24-33-31-16-10-8-14-29(31)30-15-9-11-17-32(30)33/h6-11,14-17,28,33-34,47,53H,1-2,12-13,18-27H2,3-5H3,(H,42,50)(H,43,49)(H,44,51)/t28-,34-/m0/s1. The Morgan fingerprint density at radius 3 is 2.12 bits per heavy atom. The van der Waals surface area contributed by atoms with Crippen molar-refractivity contribution in [1.29, 1.82) is 0 Å². The summed E-state index contributed by atoms with van der Waals surface area (Å²) < 4.78 is 21.0. The van der Waals surface area contributed by atoms with Crippen LogP contribution in [0.3, 0.4) is 0 Å². The van der Waals surface area contributed by atoms with Gasteiger partial charge in [-0.1, -0.05) is 73.8 Å². The van der Waals surface area contributed by atoms with Crippen molar-refractivity contribution in [3.8, 4) is 11.1 Å². The highest BCUT2D eigenvalue weighted by atomic mass is 16.6. The fraction of sp³-hybridized carbons (Fsp3) is 0.488. The lowest BCUT2D eigenvalue weighted by Crippen LogP contribution is -2.70. The van der Waals surface area contributed by atoms with E-state index in [1.54, 1.807) is 20.8 Å². The van der Waals surface area contributed by atoms with Crippen molar-refractivity contribution in [2.24, 2.45) is 0 Å². The summed E-state index contributed by atoms with van der Waals surface area (Å²) in [4.78, 5) is 66.4. The summed E-state index contributed by atoms with van der Waals surface area (Å²) in [5.41, 5.74) is 1.98. The van der Waals surface area contributed by atoms with Crippen LogP contribution in [0.2, 0.25) is 0 Å². The molecular formula is C41H55N5O11. The van der Waals surface area contributed by atoms with E-state index in [0.29, 0.717) is 12.8 Å². The molecule has 5 amide bonds. The Labute approximate surface area is 333 Å². The molecule has 4 rings (SSSR count). The Kier molecular flexibility index (Phi) is 15.9. The minimum Gasteiger partial charge on any atom is -0.449 e. The molecule has 2 aliphatic rings. The monoisotopic (exact) mass is 793 g/mol. The molecule has 5 N–H and O–H groups in total. The van der Waals surface area contributed by atoms with Crippen molar-refractivity contribution in [2.75, 3.05) is 59.1 Å².